The van der Waals surface area contributed by atoms with Crippen molar-refractivity contribution in [3.8, 4) is 5.75 Å². The summed E-state index contributed by atoms with van der Waals surface area (Å²) >= 11 is 0. The molecule has 0 aliphatic carbocycles. The van der Waals surface area contributed by atoms with Gasteiger partial charge >= 0.3 is 0 Å². The predicted molar refractivity (Wildman–Crippen MR) is 140 cm³/mol. The number of aliphatic hydroxyl groups is 1. The molecule has 3 aromatic carbocycles. The third-order valence-electron chi connectivity index (χ3n) is 7.00. The van der Waals surface area contributed by atoms with Crippen LogP contribution in [0, 0.1) is 0 Å². The van der Waals surface area contributed by atoms with Gasteiger partial charge < -0.3 is 14.7 Å². The first kappa shape index (κ1) is 23.9. The highest BCUT2D eigenvalue weighted by molar-refractivity contribution is 6.46. The van der Waals surface area contributed by atoms with Crippen LogP contribution >= 0.6 is 0 Å². The zero-order valence-electron chi connectivity index (χ0n) is 21.1. The van der Waals surface area contributed by atoms with Gasteiger partial charge in [0.2, 0.25) is 0 Å². The van der Waals surface area contributed by atoms with Crippen molar-refractivity contribution >= 4 is 17.4 Å². The third-order valence-corrected chi connectivity index (χ3v) is 7.00. The van der Waals surface area contributed by atoms with Crippen LogP contribution < -0.4 is 4.74 Å². The number of carbonyl (C=O) groups excluding carboxylic acids is 2. The summed E-state index contributed by atoms with van der Waals surface area (Å²) in [7, 11) is 0. The molecule has 1 amide bonds. The summed E-state index contributed by atoms with van der Waals surface area (Å²) in [6, 6.07) is 22.3. The van der Waals surface area contributed by atoms with Crippen LogP contribution in [-0.2, 0) is 28.0 Å². The Morgan fingerprint density at radius 3 is 2.36 bits per heavy atom. The Labute approximate surface area is 212 Å². The Bertz CT molecular complexity index is 1350. The zero-order valence-corrected chi connectivity index (χ0v) is 21.1. The highest BCUT2D eigenvalue weighted by atomic mass is 16.5. The van der Waals surface area contributed by atoms with Crippen molar-refractivity contribution in [1.82, 2.24) is 4.90 Å². The smallest absolute Gasteiger partial charge is 0.295 e. The van der Waals surface area contributed by atoms with Crippen LogP contribution in [0.1, 0.15) is 61.6 Å². The molecule has 184 valence electrons. The highest BCUT2D eigenvalue weighted by Crippen LogP contribution is 2.41. The minimum Gasteiger partial charge on any atom is -0.507 e. The lowest BCUT2D eigenvalue weighted by atomic mass is 9.85. The zero-order chi connectivity index (χ0) is 25.6. The molecule has 0 spiro atoms. The van der Waals surface area contributed by atoms with Gasteiger partial charge in [0, 0.05) is 18.5 Å². The first-order valence-corrected chi connectivity index (χ1v) is 12.4. The maximum Gasteiger partial charge on any atom is 0.295 e. The van der Waals surface area contributed by atoms with Gasteiger partial charge in [-0.2, -0.15) is 0 Å². The van der Waals surface area contributed by atoms with Gasteiger partial charge in [-0.25, -0.2) is 0 Å². The van der Waals surface area contributed by atoms with Gasteiger partial charge in [0.25, 0.3) is 11.7 Å². The van der Waals surface area contributed by atoms with Gasteiger partial charge in [-0.05, 0) is 52.8 Å². The molecule has 36 heavy (non-hydrogen) atoms. The molecule has 2 aliphatic rings. The molecule has 0 aromatic heterocycles. The van der Waals surface area contributed by atoms with Crippen molar-refractivity contribution in [2.75, 3.05) is 0 Å². The third kappa shape index (κ3) is 4.30. The van der Waals surface area contributed by atoms with Crippen molar-refractivity contribution in [3.63, 3.8) is 0 Å². The van der Waals surface area contributed by atoms with Crippen molar-refractivity contribution in [3.05, 3.63) is 106 Å². The molecule has 0 saturated carbocycles. The van der Waals surface area contributed by atoms with Crippen molar-refractivity contribution < 1.29 is 19.4 Å². The minimum absolute atomic E-state index is 0.0337. The molecule has 5 heteroatoms. The van der Waals surface area contributed by atoms with Crippen molar-refractivity contribution in [1.29, 1.82) is 0 Å². The number of rotatable bonds is 4. The molecular weight excluding hydrogens is 450 g/mol. The molecular formula is C31H31NO4. The topological polar surface area (TPSA) is 66.8 Å². The fourth-order valence-corrected chi connectivity index (χ4v) is 5.06. The average molecular weight is 482 g/mol. The highest BCUT2D eigenvalue weighted by Gasteiger charge is 2.46. The average Bonchev–Trinajstić information content (AvgIpc) is 3.35. The monoisotopic (exact) mass is 481 g/mol. The molecule has 1 fully saturated rings. The summed E-state index contributed by atoms with van der Waals surface area (Å²) < 4.78 is 5.79. The van der Waals surface area contributed by atoms with E-state index in [9.17, 15) is 14.7 Å². The van der Waals surface area contributed by atoms with E-state index in [-0.39, 0.29) is 29.4 Å². The molecule has 1 N–H and O–H groups in total. The number of hydrogen-bond donors (Lipinski definition) is 1. The standard InChI is InChI=1S/C31H31NO4/c1-19-16-23-17-22(12-15-25(23)36-19)28(33)26-27(21-10-13-24(14-11-21)31(2,3)4)32(30(35)29(26)34)18-20-8-6-5-7-9-20/h5-15,17,19,27,33H,16,18H2,1-4H3/b28-26+/t19-,27+/m0/s1. The summed E-state index contributed by atoms with van der Waals surface area (Å²) in [6.07, 6.45) is 0.798. The molecule has 2 aliphatic heterocycles. The largest absolute Gasteiger partial charge is 0.507 e. The summed E-state index contributed by atoms with van der Waals surface area (Å²) in [5.41, 5.74) is 4.44. The Hall–Kier alpha value is -3.86. The number of nitrogens with zero attached hydrogens (tertiary/aromatic N) is 1. The number of carbonyl (C=O) groups is 2. The lowest BCUT2D eigenvalue weighted by Gasteiger charge is -2.26. The molecule has 0 bridgehead atoms. The van der Waals surface area contributed by atoms with E-state index in [4.69, 9.17) is 4.74 Å². The number of hydrogen-bond acceptors (Lipinski definition) is 4. The number of fused-ring (bicyclic) bond motifs is 1. The lowest BCUT2D eigenvalue weighted by molar-refractivity contribution is -0.140. The van der Waals surface area contributed by atoms with Crippen LogP contribution in [0.15, 0.2) is 78.4 Å². The first-order valence-electron chi connectivity index (χ1n) is 12.4. The predicted octanol–water partition coefficient (Wildman–Crippen LogP) is 5.93. The van der Waals surface area contributed by atoms with Gasteiger partial charge in [0.1, 0.15) is 17.6 Å². The number of ketones is 1. The van der Waals surface area contributed by atoms with Crippen LogP contribution in [0.25, 0.3) is 5.76 Å². The number of ether oxygens (including phenoxy) is 1. The molecule has 0 unspecified atom stereocenters. The van der Waals surface area contributed by atoms with Crippen molar-refractivity contribution in [2.45, 2.75) is 58.2 Å². The van der Waals surface area contributed by atoms with Crippen LogP contribution in [0.2, 0.25) is 0 Å². The molecule has 2 atom stereocenters. The Morgan fingerprint density at radius 1 is 1.00 bits per heavy atom. The number of Topliss-reactive ketones (excluding diaryl/α,β-unsaturated/α-hetero) is 1. The quantitative estimate of drug-likeness (QED) is 0.285. The number of likely N-dealkylation sites (tertiary alicyclic amines) is 1. The van der Waals surface area contributed by atoms with E-state index >= 15 is 0 Å². The molecule has 0 radical (unpaired) electrons. The first-order chi connectivity index (χ1) is 17.1. The van der Waals surface area contributed by atoms with Gasteiger partial charge in [0.15, 0.2) is 0 Å². The second-order valence-corrected chi connectivity index (χ2v) is 10.7. The number of aliphatic hydroxyl groups excluding tert-OH is 1. The fourth-order valence-electron chi connectivity index (χ4n) is 5.06. The van der Waals surface area contributed by atoms with Gasteiger partial charge in [-0.15, -0.1) is 0 Å². The van der Waals surface area contributed by atoms with Crippen LogP contribution in [0.3, 0.4) is 0 Å². The maximum absolute atomic E-state index is 13.4. The summed E-state index contributed by atoms with van der Waals surface area (Å²) in [5, 5.41) is 11.4. The van der Waals surface area contributed by atoms with E-state index in [1.165, 1.54) is 0 Å². The summed E-state index contributed by atoms with van der Waals surface area (Å²) in [6.45, 7) is 8.69. The normalized spacial score (nSPS) is 20.9. The molecule has 2 heterocycles. The minimum atomic E-state index is -0.692. The van der Waals surface area contributed by atoms with Crippen molar-refractivity contribution in [2.24, 2.45) is 0 Å². The second-order valence-electron chi connectivity index (χ2n) is 10.7. The second kappa shape index (κ2) is 8.98. The Morgan fingerprint density at radius 2 is 1.69 bits per heavy atom. The Kier molecular flexibility index (Phi) is 5.95. The molecule has 1 saturated heterocycles. The molecule has 3 aromatic rings. The lowest BCUT2D eigenvalue weighted by Crippen LogP contribution is -2.29. The van der Waals surface area contributed by atoms with E-state index in [1.807, 2.05) is 73.7 Å². The summed E-state index contributed by atoms with van der Waals surface area (Å²) in [5.74, 6) is -0.643. The van der Waals surface area contributed by atoms with Crippen LogP contribution in [0.4, 0.5) is 0 Å². The fraction of sp³-hybridized carbons (Fsp3) is 0.290. The van der Waals surface area contributed by atoms with E-state index < -0.39 is 17.7 Å². The SMILES string of the molecule is C[C@H]1Cc2cc(/C(O)=C3\C(=O)C(=O)N(Cc4ccccc4)[C@@H]3c3ccc(C(C)(C)C)cc3)ccc2O1. The van der Waals surface area contributed by atoms with E-state index in [0.29, 0.717) is 5.56 Å². The number of amides is 1. The van der Waals surface area contributed by atoms with Gasteiger partial charge in [-0.3, -0.25) is 9.59 Å². The Balaban J connectivity index is 1.62. The number of benzene rings is 3. The van der Waals surface area contributed by atoms with Crippen LogP contribution in [0.5, 0.6) is 5.75 Å². The van der Waals surface area contributed by atoms with Crippen LogP contribution in [-0.4, -0.2) is 27.8 Å². The summed E-state index contributed by atoms with van der Waals surface area (Å²) in [4.78, 5) is 28.3. The molecule has 5 nitrogen and oxygen atoms in total. The van der Waals surface area contributed by atoms with E-state index in [2.05, 4.69) is 20.8 Å². The van der Waals surface area contributed by atoms with E-state index in [0.717, 1.165) is 34.4 Å². The van der Waals surface area contributed by atoms with Gasteiger partial charge in [0.05, 0.1) is 11.6 Å². The van der Waals surface area contributed by atoms with Gasteiger partial charge in [-0.1, -0.05) is 75.4 Å². The molecule has 5 rings (SSSR count). The van der Waals surface area contributed by atoms with E-state index in [1.54, 1.807) is 11.0 Å². The maximum atomic E-state index is 13.4.